The van der Waals surface area contributed by atoms with E-state index >= 15 is 0 Å². The first-order valence-electron chi connectivity index (χ1n) is 11.5. The van der Waals surface area contributed by atoms with E-state index in [4.69, 9.17) is 4.98 Å². The van der Waals surface area contributed by atoms with Crippen molar-refractivity contribution in [2.24, 2.45) is 0 Å². The number of likely N-dealkylation sites (N-methyl/N-ethyl adjacent to an activating group) is 1. The Morgan fingerprint density at radius 2 is 1.91 bits per heavy atom. The molecule has 0 aliphatic carbocycles. The second-order valence-electron chi connectivity index (χ2n) is 8.53. The molecule has 7 nitrogen and oxygen atoms in total. The van der Waals surface area contributed by atoms with Crippen LogP contribution in [0.5, 0.6) is 0 Å². The van der Waals surface area contributed by atoms with Gasteiger partial charge in [-0.1, -0.05) is 48.5 Å². The zero-order valence-corrected chi connectivity index (χ0v) is 19.3. The molecule has 1 saturated heterocycles. The van der Waals surface area contributed by atoms with Crippen molar-refractivity contribution in [3.05, 3.63) is 72.2 Å². The van der Waals surface area contributed by atoms with Crippen molar-refractivity contribution in [3.63, 3.8) is 0 Å². The van der Waals surface area contributed by atoms with Crippen molar-refractivity contribution in [2.75, 3.05) is 44.4 Å². The zero-order chi connectivity index (χ0) is 23.0. The molecule has 1 fully saturated rings. The number of benzene rings is 2. The number of rotatable bonds is 8. The maximum atomic E-state index is 12.8. The summed E-state index contributed by atoms with van der Waals surface area (Å²) in [5, 5.41) is 9.66. The molecule has 2 aromatic carbocycles. The number of carbonyl (C=O) groups excluding carboxylic acids is 1. The lowest BCUT2D eigenvalue weighted by Gasteiger charge is -2.23. The van der Waals surface area contributed by atoms with Crippen molar-refractivity contribution in [1.29, 1.82) is 0 Å². The van der Waals surface area contributed by atoms with Crippen LogP contribution in [0.4, 0.5) is 11.5 Å². The van der Waals surface area contributed by atoms with Crippen LogP contribution in [0.1, 0.15) is 30.3 Å². The predicted octanol–water partition coefficient (Wildman–Crippen LogP) is 3.72. The predicted molar refractivity (Wildman–Crippen MR) is 133 cm³/mol. The van der Waals surface area contributed by atoms with Gasteiger partial charge in [0.1, 0.15) is 11.6 Å². The van der Waals surface area contributed by atoms with Crippen LogP contribution in [0.15, 0.2) is 60.7 Å². The zero-order valence-electron chi connectivity index (χ0n) is 19.3. The van der Waals surface area contributed by atoms with Gasteiger partial charge >= 0.3 is 0 Å². The number of nitrogens with zero attached hydrogens (tertiary/aromatic N) is 3. The Labute approximate surface area is 195 Å². The molecule has 3 N–H and O–H groups in total. The van der Waals surface area contributed by atoms with Crippen LogP contribution in [-0.4, -0.2) is 54.5 Å². The van der Waals surface area contributed by atoms with Gasteiger partial charge in [0.25, 0.3) is 0 Å². The monoisotopic (exact) mass is 444 g/mol. The molecule has 1 amide bonds. The van der Waals surface area contributed by atoms with Crippen LogP contribution in [0.2, 0.25) is 0 Å². The van der Waals surface area contributed by atoms with E-state index in [1.165, 1.54) is 0 Å². The van der Waals surface area contributed by atoms with Crippen LogP contribution in [0.3, 0.4) is 0 Å². The topological polar surface area (TPSA) is 82.2 Å². The molecular formula is C26H32N6O. The lowest BCUT2D eigenvalue weighted by Crippen LogP contribution is -2.31. The number of carbonyl (C=O) groups is 1. The molecule has 0 bridgehead atoms. The van der Waals surface area contributed by atoms with Crippen LogP contribution in [-0.2, 0) is 11.3 Å². The minimum absolute atomic E-state index is 0.0551. The number of hydrogen-bond donors (Lipinski definition) is 3. The van der Waals surface area contributed by atoms with Crippen LogP contribution >= 0.6 is 0 Å². The maximum Gasteiger partial charge on any atom is 0.238 e. The molecule has 172 valence electrons. The average molecular weight is 445 g/mol. The van der Waals surface area contributed by atoms with Gasteiger partial charge in [-0.05, 0) is 38.1 Å². The summed E-state index contributed by atoms with van der Waals surface area (Å²) in [6, 6.07) is 19.9. The molecule has 0 radical (unpaired) electrons. The Morgan fingerprint density at radius 1 is 1.12 bits per heavy atom. The molecule has 1 aliphatic heterocycles. The first-order valence-corrected chi connectivity index (χ1v) is 11.5. The van der Waals surface area contributed by atoms with Gasteiger partial charge in [-0.3, -0.25) is 9.69 Å². The highest BCUT2D eigenvalue weighted by atomic mass is 16.2. The lowest BCUT2D eigenvalue weighted by atomic mass is 9.99. The van der Waals surface area contributed by atoms with Crippen LogP contribution < -0.4 is 16.0 Å². The molecule has 1 aliphatic rings. The van der Waals surface area contributed by atoms with Gasteiger partial charge in [0, 0.05) is 43.4 Å². The number of para-hydroxylation sites is 1. The summed E-state index contributed by atoms with van der Waals surface area (Å²) in [6.07, 6.45) is 2.23. The van der Waals surface area contributed by atoms with Crippen LogP contribution in [0, 0.1) is 0 Å². The molecule has 0 spiro atoms. The van der Waals surface area contributed by atoms with Crippen molar-refractivity contribution in [1.82, 2.24) is 20.2 Å². The summed E-state index contributed by atoms with van der Waals surface area (Å²) in [6.45, 7) is 2.80. The van der Waals surface area contributed by atoms with Gasteiger partial charge in [0.15, 0.2) is 0 Å². The van der Waals surface area contributed by atoms with E-state index in [2.05, 4.69) is 20.9 Å². The lowest BCUT2D eigenvalue weighted by molar-refractivity contribution is -0.117. The summed E-state index contributed by atoms with van der Waals surface area (Å²) < 4.78 is 0. The Morgan fingerprint density at radius 3 is 2.67 bits per heavy atom. The summed E-state index contributed by atoms with van der Waals surface area (Å²) in [4.78, 5) is 24.3. The molecular weight excluding hydrogens is 412 g/mol. The molecule has 1 aromatic heterocycles. The second-order valence-corrected chi connectivity index (χ2v) is 8.53. The molecule has 3 aromatic rings. The number of anilines is 2. The molecule has 2 heterocycles. The first-order chi connectivity index (χ1) is 16.1. The summed E-state index contributed by atoms with van der Waals surface area (Å²) in [7, 11) is 3.81. The molecule has 33 heavy (non-hydrogen) atoms. The minimum Gasteiger partial charge on any atom is -0.373 e. The molecule has 0 saturated carbocycles. The molecule has 1 atom stereocenters. The van der Waals surface area contributed by atoms with Crippen molar-refractivity contribution < 1.29 is 4.79 Å². The van der Waals surface area contributed by atoms with Gasteiger partial charge in [-0.25, -0.2) is 9.97 Å². The van der Waals surface area contributed by atoms with Crippen molar-refractivity contribution >= 4 is 17.4 Å². The van der Waals surface area contributed by atoms with E-state index in [1.807, 2.05) is 79.7 Å². The van der Waals surface area contributed by atoms with E-state index in [0.29, 0.717) is 12.5 Å². The van der Waals surface area contributed by atoms with E-state index in [1.54, 1.807) is 0 Å². The molecule has 1 unspecified atom stereocenters. The van der Waals surface area contributed by atoms with Gasteiger partial charge in [0.05, 0.1) is 12.2 Å². The van der Waals surface area contributed by atoms with Gasteiger partial charge in [-0.2, -0.15) is 0 Å². The molecule has 7 heteroatoms. The largest absolute Gasteiger partial charge is 0.373 e. The fourth-order valence-corrected chi connectivity index (χ4v) is 4.21. The smallest absolute Gasteiger partial charge is 0.238 e. The van der Waals surface area contributed by atoms with E-state index in [9.17, 15) is 4.79 Å². The fraction of sp³-hybridized carbons (Fsp3) is 0.346. The Hall–Kier alpha value is -3.29. The SMILES string of the molecule is CNc1cc(CN(C)CC(=O)Nc2ccccc2-c2ccccc2)nc(C2CCCNC2)n1. The number of piperidine rings is 1. The number of hydrogen-bond acceptors (Lipinski definition) is 6. The highest BCUT2D eigenvalue weighted by Gasteiger charge is 2.20. The number of aromatic nitrogens is 2. The fourth-order valence-electron chi connectivity index (χ4n) is 4.21. The Kier molecular flexibility index (Phi) is 7.65. The summed E-state index contributed by atoms with van der Waals surface area (Å²) >= 11 is 0. The van der Waals surface area contributed by atoms with E-state index in [0.717, 1.165) is 60.1 Å². The van der Waals surface area contributed by atoms with Crippen molar-refractivity contribution in [2.45, 2.75) is 25.3 Å². The average Bonchev–Trinajstić information content (AvgIpc) is 2.85. The number of nitrogens with one attached hydrogen (secondary N) is 3. The standard InChI is InChI=1S/C26H32N6O/c1-27-24-15-21(29-26(31-24)20-11-8-14-28-16-20)17-32(2)18-25(33)30-23-13-7-6-12-22(23)19-9-4-3-5-10-19/h3-7,9-10,12-13,15,20,28H,8,11,14,16-18H2,1-2H3,(H,30,33)(H,27,29,31). The quantitative estimate of drug-likeness (QED) is 0.491. The van der Waals surface area contributed by atoms with E-state index in [-0.39, 0.29) is 12.5 Å². The van der Waals surface area contributed by atoms with Gasteiger partial charge in [-0.15, -0.1) is 0 Å². The highest BCUT2D eigenvalue weighted by molar-refractivity contribution is 5.96. The van der Waals surface area contributed by atoms with E-state index < -0.39 is 0 Å². The van der Waals surface area contributed by atoms with Crippen molar-refractivity contribution in [3.8, 4) is 11.1 Å². The number of amides is 1. The Bertz CT molecular complexity index is 1070. The minimum atomic E-state index is -0.0551. The van der Waals surface area contributed by atoms with Gasteiger partial charge < -0.3 is 16.0 Å². The first kappa shape index (κ1) is 22.9. The third kappa shape index (κ3) is 6.15. The third-order valence-electron chi connectivity index (χ3n) is 5.85. The summed E-state index contributed by atoms with van der Waals surface area (Å²) in [5.74, 6) is 1.96. The van der Waals surface area contributed by atoms with Crippen LogP contribution in [0.25, 0.3) is 11.1 Å². The third-order valence-corrected chi connectivity index (χ3v) is 5.85. The Balaban J connectivity index is 1.41. The normalized spacial score (nSPS) is 15.9. The molecule has 4 rings (SSSR count). The highest BCUT2D eigenvalue weighted by Crippen LogP contribution is 2.27. The van der Waals surface area contributed by atoms with Gasteiger partial charge in [0.2, 0.25) is 5.91 Å². The second kappa shape index (κ2) is 11.0. The maximum absolute atomic E-state index is 12.8. The summed E-state index contributed by atoms with van der Waals surface area (Å²) in [5.41, 5.74) is 3.81.